The summed E-state index contributed by atoms with van der Waals surface area (Å²) in [6.07, 6.45) is 0. The van der Waals surface area contributed by atoms with Crippen LogP contribution in [0.4, 0.5) is 0 Å². The van der Waals surface area contributed by atoms with Crippen LogP contribution in [-0.2, 0) is 23.2 Å². The van der Waals surface area contributed by atoms with Gasteiger partial charge in [-0.25, -0.2) is 8.42 Å². The molecule has 2 heterocycles. The summed E-state index contributed by atoms with van der Waals surface area (Å²) < 4.78 is 43.3. The van der Waals surface area contributed by atoms with E-state index in [9.17, 15) is 8.42 Å². The molecule has 0 spiro atoms. The molecule has 1 saturated heterocycles. The number of benzene rings is 2. The number of methoxy groups -OCH3 is 1. The van der Waals surface area contributed by atoms with Crippen LogP contribution in [-0.4, -0.2) is 61.1 Å². The van der Waals surface area contributed by atoms with Crippen molar-refractivity contribution in [2.45, 2.75) is 18.0 Å². The summed E-state index contributed by atoms with van der Waals surface area (Å²) in [6.45, 7) is 2.42. The van der Waals surface area contributed by atoms with Gasteiger partial charge < -0.3 is 14.0 Å². The molecule has 0 aliphatic carbocycles. The predicted octanol–water partition coefficient (Wildman–Crippen LogP) is 2.82. The maximum absolute atomic E-state index is 12.9. The molecule has 0 bridgehead atoms. The summed E-state index contributed by atoms with van der Waals surface area (Å²) in [7, 11) is -2.02. The highest BCUT2D eigenvalue weighted by Crippen LogP contribution is 2.25. The molecule has 2 aromatic carbocycles. The van der Waals surface area contributed by atoms with E-state index >= 15 is 0 Å². The molecule has 0 atom stereocenters. The highest BCUT2D eigenvalue weighted by atomic mass is 35.5. The maximum Gasteiger partial charge on any atom is 0.244 e. The number of hydrogen-bond acceptors (Lipinski definition) is 8. The maximum atomic E-state index is 12.9. The molecule has 0 radical (unpaired) electrons. The summed E-state index contributed by atoms with van der Waals surface area (Å²) in [5, 5.41) is 4.18. The average molecular weight is 479 g/mol. The Morgan fingerprint density at radius 1 is 1.03 bits per heavy atom. The van der Waals surface area contributed by atoms with Crippen LogP contribution in [0.1, 0.15) is 11.7 Å². The first kappa shape index (κ1) is 22.5. The molecule has 1 aliphatic rings. The lowest BCUT2D eigenvalue weighted by Gasteiger charge is -2.33. The van der Waals surface area contributed by atoms with E-state index in [0.717, 1.165) is 5.75 Å². The summed E-state index contributed by atoms with van der Waals surface area (Å²) >= 11 is 6.08. The summed E-state index contributed by atoms with van der Waals surface area (Å²) in [5.41, 5.74) is 0. The summed E-state index contributed by atoms with van der Waals surface area (Å²) in [5.74, 6) is 2.32. The lowest BCUT2D eigenvalue weighted by molar-refractivity contribution is 0.163. The zero-order valence-electron chi connectivity index (χ0n) is 17.5. The van der Waals surface area contributed by atoms with E-state index in [2.05, 4.69) is 15.0 Å². The highest BCUT2D eigenvalue weighted by Gasteiger charge is 2.30. The van der Waals surface area contributed by atoms with Gasteiger partial charge in [-0.2, -0.15) is 9.29 Å². The van der Waals surface area contributed by atoms with Crippen molar-refractivity contribution < 1.29 is 22.4 Å². The zero-order chi connectivity index (χ0) is 22.6. The molecule has 32 heavy (non-hydrogen) atoms. The fourth-order valence-electron chi connectivity index (χ4n) is 3.35. The third-order valence-electron chi connectivity index (χ3n) is 5.08. The second-order valence-corrected chi connectivity index (χ2v) is 9.49. The van der Waals surface area contributed by atoms with E-state index in [4.69, 9.17) is 25.6 Å². The van der Waals surface area contributed by atoms with E-state index in [0.29, 0.717) is 50.2 Å². The molecule has 0 saturated carbocycles. The number of aromatic nitrogens is 2. The van der Waals surface area contributed by atoms with Crippen LogP contribution in [0.5, 0.6) is 11.5 Å². The normalized spacial score (nSPS) is 15.6. The number of halogens is 1. The number of sulfonamides is 1. The summed E-state index contributed by atoms with van der Waals surface area (Å²) in [4.78, 5) is 6.56. The molecule has 0 unspecified atom stereocenters. The fraction of sp³-hybridized carbons (Fsp3) is 0.333. The highest BCUT2D eigenvalue weighted by molar-refractivity contribution is 7.89. The summed E-state index contributed by atoms with van der Waals surface area (Å²) in [6, 6.07) is 13.7. The van der Waals surface area contributed by atoms with Crippen LogP contribution in [0, 0.1) is 0 Å². The molecule has 0 amide bonds. The van der Waals surface area contributed by atoms with Gasteiger partial charge in [-0.3, -0.25) is 4.90 Å². The molecule has 3 aromatic rings. The van der Waals surface area contributed by atoms with Gasteiger partial charge >= 0.3 is 0 Å². The van der Waals surface area contributed by atoms with Crippen molar-refractivity contribution in [3.05, 3.63) is 65.3 Å². The van der Waals surface area contributed by atoms with E-state index in [1.54, 1.807) is 37.4 Å². The molecule has 1 aromatic heterocycles. The van der Waals surface area contributed by atoms with E-state index in [1.807, 2.05) is 12.1 Å². The standard InChI is InChI=1S/C21H23ClN4O5S/c1-29-16-6-8-17(9-7-16)30-15-20-23-21(31-24-20)14-25-10-12-26(13-11-25)32(27,28)19-5-3-2-4-18(19)22/h2-9H,10-15H2,1H3. The molecular formula is C21H23ClN4O5S. The molecular weight excluding hydrogens is 456 g/mol. The molecule has 4 rings (SSSR count). The SMILES string of the molecule is COc1ccc(OCc2noc(CN3CCN(S(=O)(=O)c4ccccc4Cl)CC3)n2)cc1. The Morgan fingerprint density at radius 3 is 2.41 bits per heavy atom. The van der Waals surface area contributed by atoms with Gasteiger partial charge in [0.15, 0.2) is 6.61 Å². The first-order chi connectivity index (χ1) is 15.5. The van der Waals surface area contributed by atoms with Crippen LogP contribution >= 0.6 is 11.6 Å². The van der Waals surface area contributed by atoms with E-state index < -0.39 is 10.0 Å². The van der Waals surface area contributed by atoms with Gasteiger partial charge in [0.05, 0.1) is 18.7 Å². The Kier molecular flexibility index (Phi) is 6.95. The van der Waals surface area contributed by atoms with Crippen molar-refractivity contribution in [3.8, 4) is 11.5 Å². The Hall–Kier alpha value is -2.66. The minimum absolute atomic E-state index is 0.133. The van der Waals surface area contributed by atoms with Gasteiger partial charge in [0.25, 0.3) is 0 Å². The lowest BCUT2D eigenvalue weighted by Crippen LogP contribution is -2.48. The largest absolute Gasteiger partial charge is 0.497 e. The van der Waals surface area contributed by atoms with Gasteiger partial charge in [0.2, 0.25) is 21.7 Å². The molecule has 9 nitrogen and oxygen atoms in total. The quantitative estimate of drug-likeness (QED) is 0.487. The van der Waals surface area contributed by atoms with Crippen LogP contribution in [0.15, 0.2) is 57.9 Å². The first-order valence-electron chi connectivity index (χ1n) is 10.0. The minimum atomic E-state index is -3.62. The van der Waals surface area contributed by atoms with Gasteiger partial charge in [-0.1, -0.05) is 28.9 Å². The number of nitrogens with zero attached hydrogens (tertiary/aromatic N) is 4. The second-order valence-electron chi connectivity index (χ2n) is 7.18. The Bertz CT molecular complexity index is 1150. The minimum Gasteiger partial charge on any atom is -0.497 e. The predicted molar refractivity (Wildman–Crippen MR) is 117 cm³/mol. The van der Waals surface area contributed by atoms with Crippen molar-refractivity contribution >= 4 is 21.6 Å². The van der Waals surface area contributed by atoms with Gasteiger partial charge in [-0.05, 0) is 36.4 Å². The monoisotopic (exact) mass is 478 g/mol. The van der Waals surface area contributed by atoms with Crippen molar-refractivity contribution in [1.82, 2.24) is 19.3 Å². The van der Waals surface area contributed by atoms with E-state index in [1.165, 1.54) is 10.4 Å². The van der Waals surface area contributed by atoms with Crippen molar-refractivity contribution in [3.63, 3.8) is 0 Å². The number of piperazine rings is 1. The topological polar surface area (TPSA) is 98.0 Å². The van der Waals surface area contributed by atoms with Gasteiger partial charge in [-0.15, -0.1) is 0 Å². The van der Waals surface area contributed by atoms with Gasteiger partial charge in [0.1, 0.15) is 16.4 Å². The number of ether oxygens (including phenoxy) is 2. The third-order valence-corrected chi connectivity index (χ3v) is 7.48. The van der Waals surface area contributed by atoms with E-state index in [-0.39, 0.29) is 16.5 Å². The number of rotatable bonds is 8. The molecule has 170 valence electrons. The third kappa shape index (κ3) is 5.21. The lowest BCUT2D eigenvalue weighted by atomic mass is 10.3. The molecule has 1 fully saturated rings. The molecule has 1 aliphatic heterocycles. The Balaban J connectivity index is 1.28. The van der Waals surface area contributed by atoms with Crippen molar-refractivity contribution in [2.24, 2.45) is 0 Å². The number of hydrogen-bond donors (Lipinski definition) is 0. The van der Waals surface area contributed by atoms with Crippen LogP contribution in [0.25, 0.3) is 0 Å². The second kappa shape index (κ2) is 9.86. The van der Waals surface area contributed by atoms with Crippen molar-refractivity contribution in [2.75, 3.05) is 33.3 Å². The zero-order valence-corrected chi connectivity index (χ0v) is 19.1. The Labute approximate surface area is 191 Å². The molecule has 0 N–H and O–H groups in total. The van der Waals surface area contributed by atoms with Gasteiger partial charge in [0, 0.05) is 26.2 Å². The first-order valence-corrected chi connectivity index (χ1v) is 11.8. The van der Waals surface area contributed by atoms with Crippen molar-refractivity contribution in [1.29, 1.82) is 0 Å². The molecule has 11 heteroatoms. The Morgan fingerprint density at radius 2 is 1.72 bits per heavy atom. The average Bonchev–Trinajstić information content (AvgIpc) is 3.26. The van der Waals surface area contributed by atoms with Crippen LogP contribution in [0.3, 0.4) is 0 Å². The van der Waals surface area contributed by atoms with Crippen LogP contribution < -0.4 is 9.47 Å². The van der Waals surface area contributed by atoms with Crippen LogP contribution in [0.2, 0.25) is 5.02 Å². The smallest absolute Gasteiger partial charge is 0.244 e. The fourth-order valence-corrected chi connectivity index (χ4v) is 5.26.